The fourth-order valence-corrected chi connectivity index (χ4v) is 4.54. The number of nitrogens with one attached hydrogen (secondary N) is 1. The highest BCUT2D eigenvalue weighted by Gasteiger charge is 2.40. The number of thiophene rings is 1. The summed E-state index contributed by atoms with van der Waals surface area (Å²) in [5.74, 6) is 0.929. The largest absolute Gasteiger partial charge is 0.364 e. The van der Waals surface area contributed by atoms with Crippen molar-refractivity contribution in [1.29, 1.82) is 0 Å². The van der Waals surface area contributed by atoms with Gasteiger partial charge in [0.1, 0.15) is 6.10 Å². The predicted molar refractivity (Wildman–Crippen MR) is 80.7 cm³/mol. The molecule has 2 fully saturated rings. The van der Waals surface area contributed by atoms with Crippen molar-refractivity contribution in [3.8, 4) is 0 Å². The van der Waals surface area contributed by atoms with Gasteiger partial charge in [-0.05, 0) is 55.5 Å². The summed E-state index contributed by atoms with van der Waals surface area (Å²) in [7, 11) is 0. The third-order valence-electron chi connectivity index (χ3n) is 4.96. The molecule has 1 aliphatic carbocycles. The topological polar surface area (TPSA) is 21.3 Å². The molecular formula is C16H25NOS. The minimum absolute atomic E-state index is 0.116. The minimum Gasteiger partial charge on any atom is -0.364 e. The quantitative estimate of drug-likeness (QED) is 0.881. The van der Waals surface area contributed by atoms with E-state index in [4.69, 9.17) is 4.74 Å². The molecule has 0 amide bonds. The maximum absolute atomic E-state index is 6.58. The monoisotopic (exact) mass is 279 g/mol. The standard InChI is InChI=1S/C16H25NOS/c1-3-13-4-7-16(8-5-13)11-17-10-14(18-16)15-12(2)6-9-19-15/h6,9,13-14,17H,3-5,7-8,10-11H2,1-2H3. The third kappa shape index (κ3) is 2.74. The van der Waals surface area contributed by atoms with Crippen LogP contribution in [0.5, 0.6) is 0 Å². The molecule has 0 bridgehead atoms. The molecule has 0 radical (unpaired) electrons. The van der Waals surface area contributed by atoms with E-state index < -0.39 is 0 Å². The Bertz CT molecular complexity index is 420. The SMILES string of the molecule is CCC1CCC2(CC1)CNCC(c1sccc1C)O2. The maximum atomic E-state index is 6.58. The predicted octanol–water partition coefficient (Wildman–Crippen LogP) is 4.06. The number of morpholine rings is 1. The molecule has 1 saturated carbocycles. The van der Waals surface area contributed by atoms with Gasteiger partial charge in [0, 0.05) is 18.0 Å². The summed E-state index contributed by atoms with van der Waals surface area (Å²) in [6.07, 6.45) is 6.75. The van der Waals surface area contributed by atoms with Gasteiger partial charge in [0.25, 0.3) is 0 Å². The number of hydrogen-bond acceptors (Lipinski definition) is 3. The van der Waals surface area contributed by atoms with Gasteiger partial charge in [0.2, 0.25) is 0 Å². The summed E-state index contributed by atoms with van der Waals surface area (Å²) in [6.45, 7) is 6.54. The van der Waals surface area contributed by atoms with Gasteiger partial charge in [-0.15, -0.1) is 11.3 Å². The van der Waals surface area contributed by atoms with Crippen molar-refractivity contribution in [2.75, 3.05) is 13.1 Å². The molecule has 1 aromatic heterocycles. The Morgan fingerprint density at radius 1 is 1.42 bits per heavy atom. The summed E-state index contributed by atoms with van der Waals surface area (Å²) >= 11 is 1.84. The highest BCUT2D eigenvalue weighted by atomic mass is 32.1. The normalized spacial score (nSPS) is 35.7. The van der Waals surface area contributed by atoms with Gasteiger partial charge in [0.15, 0.2) is 0 Å². The zero-order chi connectivity index (χ0) is 13.3. The van der Waals surface area contributed by atoms with Gasteiger partial charge in [-0.3, -0.25) is 0 Å². The van der Waals surface area contributed by atoms with Crippen molar-refractivity contribution in [2.45, 2.75) is 57.7 Å². The molecule has 1 atom stereocenters. The zero-order valence-electron chi connectivity index (χ0n) is 12.1. The number of aryl methyl sites for hydroxylation is 1. The summed E-state index contributed by atoms with van der Waals surface area (Å²) < 4.78 is 6.58. The lowest BCUT2D eigenvalue weighted by Crippen LogP contribution is -2.52. The third-order valence-corrected chi connectivity index (χ3v) is 6.07. The van der Waals surface area contributed by atoms with Gasteiger partial charge < -0.3 is 10.1 Å². The fourth-order valence-electron chi connectivity index (χ4n) is 3.58. The summed E-state index contributed by atoms with van der Waals surface area (Å²) in [6, 6.07) is 2.21. The molecule has 1 spiro atoms. The van der Waals surface area contributed by atoms with Gasteiger partial charge in [-0.2, -0.15) is 0 Å². The number of ether oxygens (including phenoxy) is 1. The van der Waals surface area contributed by atoms with Gasteiger partial charge >= 0.3 is 0 Å². The Morgan fingerprint density at radius 3 is 2.84 bits per heavy atom. The molecule has 1 aliphatic heterocycles. The zero-order valence-corrected chi connectivity index (χ0v) is 12.9. The summed E-state index contributed by atoms with van der Waals surface area (Å²) in [4.78, 5) is 1.42. The minimum atomic E-state index is 0.116. The molecule has 2 heterocycles. The van der Waals surface area contributed by atoms with Crippen LogP contribution in [0.25, 0.3) is 0 Å². The summed E-state index contributed by atoms with van der Waals surface area (Å²) in [5.41, 5.74) is 1.50. The van der Waals surface area contributed by atoms with Gasteiger partial charge in [-0.25, -0.2) is 0 Å². The van der Waals surface area contributed by atoms with E-state index >= 15 is 0 Å². The van der Waals surface area contributed by atoms with Crippen LogP contribution in [0.15, 0.2) is 11.4 Å². The van der Waals surface area contributed by atoms with E-state index in [0.29, 0.717) is 0 Å². The average molecular weight is 279 g/mol. The lowest BCUT2D eigenvalue weighted by Gasteiger charge is -2.45. The maximum Gasteiger partial charge on any atom is 0.105 e. The molecule has 3 heteroatoms. The van der Waals surface area contributed by atoms with Crippen molar-refractivity contribution in [3.63, 3.8) is 0 Å². The van der Waals surface area contributed by atoms with Crippen LogP contribution in [0.3, 0.4) is 0 Å². The Hall–Kier alpha value is -0.380. The first kappa shape index (κ1) is 13.6. The van der Waals surface area contributed by atoms with E-state index in [9.17, 15) is 0 Å². The second kappa shape index (κ2) is 5.55. The smallest absolute Gasteiger partial charge is 0.105 e. The van der Waals surface area contributed by atoms with Crippen molar-refractivity contribution in [3.05, 3.63) is 21.9 Å². The lowest BCUT2D eigenvalue weighted by molar-refractivity contribution is -0.140. The highest BCUT2D eigenvalue weighted by Crippen LogP contribution is 2.41. The van der Waals surface area contributed by atoms with Crippen LogP contribution in [0.2, 0.25) is 0 Å². The van der Waals surface area contributed by atoms with E-state index in [1.54, 1.807) is 0 Å². The number of rotatable bonds is 2. The Morgan fingerprint density at radius 2 is 2.21 bits per heavy atom. The molecule has 0 aromatic carbocycles. The Labute approximate surface area is 120 Å². The first-order valence-corrected chi connectivity index (χ1v) is 8.53. The molecule has 1 N–H and O–H groups in total. The van der Waals surface area contributed by atoms with Crippen LogP contribution in [-0.4, -0.2) is 18.7 Å². The lowest BCUT2D eigenvalue weighted by atomic mass is 9.77. The summed E-state index contributed by atoms with van der Waals surface area (Å²) in [5, 5.41) is 5.81. The average Bonchev–Trinajstić information content (AvgIpc) is 2.86. The van der Waals surface area contributed by atoms with E-state index in [2.05, 4.69) is 30.6 Å². The molecule has 2 nitrogen and oxygen atoms in total. The van der Waals surface area contributed by atoms with E-state index in [0.717, 1.165) is 19.0 Å². The second-order valence-corrected chi connectivity index (χ2v) is 7.19. The first-order valence-electron chi connectivity index (χ1n) is 7.65. The van der Waals surface area contributed by atoms with E-state index in [1.165, 1.54) is 42.5 Å². The van der Waals surface area contributed by atoms with Crippen LogP contribution < -0.4 is 5.32 Å². The van der Waals surface area contributed by atoms with Gasteiger partial charge in [-0.1, -0.05) is 13.3 Å². The second-order valence-electron chi connectivity index (χ2n) is 6.24. The molecule has 106 valence electrons. The highest BCUT2D eigenvalue weighted by molar-refractivity contribution is 7.10. The molecule has 19 heavy (non-hydrogen) atoms. The van der Waals surface area contributed by atoms with Crippen molar-refractivity contribution >= 4 is 11.3 Å². The van der Waals surface area contributed by atoms with Crippen molar-refractivity contribution < 1.29 is 4.74 Å². The Kier molecular flexibility index (Phi) is 3.97. The van der Waals surface area contributed by atoms with E-state index in [1.807, 2.05) is 11.3 Å². The van der Waals surface area contributed by atoms with Crippen LogP contribution in [0.4, 0.5) is 0 Å². The Balaban J connectivity index is 1.70. The molecule has 1 aromatic rings. The van der Waals surface area contributed by atoms with Crippen LogP contribution in [0, 0.1) is 12.8 Å². The van der Waals surface area contributed by atoms with Crippen LogP contribution in [-0.2, 0) is 4.74 Å². The molecule has 1 saturated heterocycles. The molecule has 1 unspecified atom stereocenters. The molecular weight excluding hydrogens is 254 g/mol. The fraction of sp³-hybridized carbons (Fsp3) is 0.750. The first-order chi connectivity index (χ1) is 9.22. The van der Waals surface area contributed by atoms with Crippen molar-refractivity contribution in [1.82, 2.24) is 5.32 Å². The van der Waals surface area contributed by atoms with Crippen LogP contribution in [0.1, 0.15) is 55.6 Å². The van der Waals surface area contributed by atoms with Crippen LogP contribution >= 0.6 is 11.3 Å². The van der Waals surface area contributed by atoms with Crippen molar-refractivity contribution in [2.24, 2.45) is 5.92 Å². The van der Waals surface area contributed by atoms with E-state index in [-0.39, 0.29) is 11.7 Å². The molecule has 2 aliphatic rings. The number of hydrogen-bond donors (Lipinski definition) is 1. The van der Waals surface area contributed by atoms with Gasteiger partial charge in [0.05, 0.1) is 5.60 Å². The molecule has 3 rings (SSSR count).